The van der Waals surface area contributed by atoms with E-state index in [1.54, 1.807) is 0 Å². The molecule has 0 aromatic rings. The number of carbonyl (C=O) groups excluding carboxylic acids is 1. The summed E-state index contributed by atoms with van der Waals surface area (Å²) in [6.45, 7) is 7.04. The Bertz CT molecular complexity index is 219. The summed E-state index contributed by atoms with van der Waals surface area (Å²) in [5.41, 5.74) is 0. The molecule has 1 amide bonds. The van der Waals surface area contributed by atoms with Crippen LogP contribution in [0.15, 0.2) is 0 Å². The van der Waals surface area contributed by atoms with Gasteiger partial charge in [-0.3, -0.25) is 9.69 Å². The summed E-state index contributed by atoms with van der Waals surface area (Å²) < 4.78 is 0. The molecule has 0 bridgehead atoms. The van der Waals surface area contributed by atoms with Gasteiger partial charge in [-0.15, -0.1) is 0 Å². The zero-order chi connectivity index (χ0) is 12.0. The third kappa shape index (κ3) is 5.47. The molecule has 16 heavy (non-hydrogen) atoms. The average molecular weight is 228 g/mol. The van der Waals surface area contributed by atoms with Crippen LogP contribution in [0.5, 0.6) is 0 Å². The molecule has 2 N–H and O–H groups in total. The summed E-state index contributed by atoms with van der Waals surface area (Å²) in [6, 6.07) is 0. The van der Waals surface area contributed by atoms with E-state index in [4.69, 9.17) is 0 Å². The molecule has 4 heteroatoms. The van der Waals surface area contributed by atoms with Gasteiger partial charge in [-0.1, -0.05) is 13.8 Å². The Labute approximate surface area is 98.0 Å². The molecule has 0 unspecified atom stereocenters. The molecule has 0 aromatic carbocycles. The van der Waals surface area contributed by atoms with E-state index in [2.05, 4.69) is 19.2 Å². The minimum absolute atomic E-state index is 0.0785. The zero-order valence-electron chi connectivity index (χ0n) is 10.4. The molecule has 0 saturated carbocycles. The Kier molecular flexibility index (Phi) is 5.77. The smallest absolute Gasteiger partial charge is 0.234 e. The van der Waals surface area contributed by atoms with E-state index in [1.165, 1.54) is 0 Å². The highest BCUT2D eigenvalue weighted by molar-refractivity contribution is 5.77. The highest BCUT2D eigenvalue weighted by atomic mass is 16.3. The highest BCUT2D eigenvalue weighted by Crippen LogP contribution is 2.08. The van der Waals surface area contributed by atoms with Crippen LogP contribution in [0.1, 0.15) is 33.1 Å². The van der Waals surface area contributed by atoms with Crippen molar-refractivity contribution in [2.75, 3.05) is 26.2 Å². The number of nitrogens with zero attached hydrogens (tertiary/aromatic N) is 1. The quantitative estimate of drug-likeness (QED) is 0.725. The second-order valence-electron chi connectivity index (χ2n) is 5.06. The van der Waals surface area contributed by atoms with Crippen LogP contribution in [0, 0.1) is 5.92 Å². The predicted molar refractivity (Wildman–Crippen MR) is 64.1 cm³/mol. The SMILES string of the molecule is CC(C)CCNC(=O)CN1CCC[C@@H](O)C1. The molecule has 1 heterocycles. The number of hydrogen-bond acceptors (Lipinski definition) is 3. The van der Waals surface area contributed by atoms with Crippen molar-refractivity contribution in [3.8, 4) is 0 Å². The Balaban J connectivity index is 2.13. The van der Waals surface area contributed by atoms with Gasteiger partial charge in [0.05, 0.1) is 12.6 Å². The number of aliphatic hydroxyl groups is 1. The summed E-state index contributed by atoms with van der Waals surface area (Å²) in [5.74, 6) is 0.701. The van der Waals surface area contributed by atoms with Gasteiger partial charge in [0, 0.05) is 13.1 Å². The van der Waals surface area contributed by atoms with E-state index >= 15 is 0 Å². The van der Waals surface area contributed by atoms with Gasteiger partial charge in [0.25, 0.3) is 0 Å². The van der Waals surface area contributed by atoms with Gasteiger partial charge in [-0.25, -0.2) is 0 Å². The van der Waals surface area contributed by atoms with Gasteiger partial charge in [0.15, 0.2) is 0 Å². The first-order chi connectivity index (χ1) is 7.58. The highest BCUT2D eigenvalue weighted by Gasteiger charge is 2.19. The van der Waals surface area contributed by atoms with Crippen LogP contribution in [0.2, 0.25) is 0 Å². The summed E-state index contributed by atoms with van der Waals surface area (Å²) in [6.07, 6.45) is 2.62. The average Bonchev–Trinajstić information content (AvgIpc) is 2.16. The topological polar surface area (TPSA) is 52.6 Å². The van der Waals surface area contributed by atoms with Crippen LogP contribution in [0.3, 0.4) is 0 Å². The van der Waals surface area contributed by atoms with E-state index < -0.39 is 0 Å². The van der Waals surface area contributed by atoms with Crippen molar-refractivity contribution < 1.29 is 9.90 Å². The second kappa shape index (κ2) is 6.86. The maximum absolute atomic E-state index is 11.6. The minimum atomic E-state index is -0.253. The Morgan fingerprint density at radius 1 is 1.56 bits per heavy atom. The number of piperidine rings is 1. The molecule has 1 fully saturated rings. The molecule has 1 aliphatic heterocycles. The fourth-order valence-corrected chi connectivity index (χ4v) is 1.93. The van der Waals surface area contributed by atoms with Crippen LogP contribution >= 0.6 is 0 Å². The van der Waals surface area contributed by atoms with Crippen molar-refractivity contribution in [2.24, 2.45) is 5.92 Å². The number of likely N-dealkylation sites (tertiary alicyclic amines) is 1. The van der Waals surface area contributed by atoms with E-state index in [1.807, 2.05) is 4.90 Å². The number of rotatable bonds is 5. The molecule has 1 saturated heterocycles. The van der Waals surface area contributed by atoms with Crippen molar-refractivity contribution in [1.29, 1.82) is 0 Å². The van der Waals surface area contributed by atoms with Gasteiger partial charge in [0.2, 0.25) is 5.91 Å². The molecule has 1 aliphatic rings. The third-order valence-electron chi connectivity index (χ3n) is 2.89. The number of amides is 1. The standard InChI is InChI=1S/C12H24N2O2/c1-10(2)5-6-13-12(16)9-14-7-3-4-11(15)8-14/h10-11,15H,3-9H2,1-2H3,(H,13,16)/t11-/m1/s1. The van der Waals surface area contributed by atoms with Crippen LogP contribution in [-0.4, -0.2) is 48.2 Å². The lowest BCUT2D eigenvalue weighted by Gasteiger charge is -2.29. The van der Waals surface area contributed by atoms with Crippen molar-refractivity contribution >= 4 is 5.91 Å². The Morgan fingerprint density at radius 2 is 2.31 bits per heavy atom. The monoisotopic (exact) mass is 228 g/mol. The lowest BCUT2D eigenvalue weighted by molar-refractivity contribution is -0.122. The molecular weight excluding hydrogens is 204 g/mol. The lowest BCUT2D eigenvalue weighted by Crippen LogP contribution is -2.44. The molecule has 0 radical (unpaired) electrons. The molecule has 94 valence electrons. The Hall–Kier alpha value is -0.610. The molecule has 0 aromatic heterocycles. The second-order valence-corrected chi connectivity index (χ2v) is 5.06. The van der Waals surface area contributed by atoms with Crippen molar-refractivity contribution in [3.63, 3.8) is 0 Å². The van der Waals surface area contributed by atoms with Gasteiger partial charge in [-0.05, 0) is 31.7 Å². The predicted octanol–water partition coefficient (Wildman–Crippen LogP) is 0.605. The molecule has 0 spiro atoms. The van der Waals surface area contributed by atoms with Gasteiger partial charge < -0.3 is 10.4 Å². The molecular formula is C12H24N2O2. The van der Waals surface area contributed by atoms with Crippen molar-refractivity contribution in [1.82, 2.24) is 10.2 Å². The Morgan fingerprint density at radius 3 is 2.94 bits per heavy atom. The summed E-state index contributed by atoms with van der Waals surface area (Å²) in [5, 5.41) is 12.4. The van der Waals surface area contributed by atoms with Crippen LogP contribution in [0.25, 0.3) is 0 Å². The largest absolute Gasteiger partial charge is 0.392 e. The third-order valence-corrected chi connectivity index (χ3v) is 2.89. The summed E-state index contributed by atoms with van der Waals surface area (Å²) in [7, 11) is 0. The normalized spacial score (nSPS) is 22.4. The summed E-state index contributed by atoms with van der Waals surface area (Å²) in [4.78, 5) is 13.6. The van der Waals surface area contributed by atoms with Crippen molar-refractivity contribution in [2.45, 2.75) is 39.2 Å². The van der Waals surface area contributed by atoms with E-state index in [9.17, 15) is 9.90 Å². The van der Waals surface area contributed by atoms with Gasteiger partial charge >= 0.3 is 0 Å². The summed E-state index contributed by atoms with van der Waals surface area (Å²) >= 11 is 0. The van der Waals surface area contributed by atoms with E-state index in [0.29, 0.717) is 19.0 Å². The first-order valence-electron chi connectivity index (χ1n) is 6.25. The fraction of sp³-hybridized carbons (Fsp3) is 0.917. The minimum Gasteiger partial charge on any atom is -0.392 e. The fourth-order valence-electron chi connectivity index (χ4n) is 1.93. The van der Waals surface area contributed by atoms with Gasteiger partial charge in [-0.2, -0.15) is 0 Å². The van der Waals surface area contributed by atoms with Crippen LogP contribution in [-0.2, 0) is 4.79 Å². The number of nitrogens with one attached hydrogen (secondary N) is 1. The van der Waals surface area contributed by atoms with Gasteiger partial charge in [0.1, 0.15) is 0 Å². The number of hydrogen-bond donors (Lipinski definition) is 2. The van der Waals surface area contributed by atoms with Crippen LogP contribution < -0.4 is 5.32 Å². The molecule has 1 atom stereocenters. The first-order valence-corrected chi connectivity index (χ1v) is 6.25. The maximum Gasteiger partial charge on any atom is 0.234 e. The van der Waals surface area contributed by atoms with E-state index in [-0.39, 0.29) is 12.0 Å². The van der Waals surface area contributed by atoms with E-state index in [0.717, 1.165) is 32.4 Å². The first kappa shape index (κ1) is 13.5. The number of β-amino-alcohol motifs (C(OH)–C–C–N with tert-alkyl or cyclic N) is 1. The molecule has 0 aliphatic carbocycles. The molecule has 4 nitrogen and oxygen atoms in total. The van der Waals surface area contributed by atoms with Crippen molar-refractivity contribution in [3.05, 3.63) is 0 Å². The molecule has 1 rings (SSSR count). The van der Waals surface area contributed by atoms with Crippen LogP contribution in [0.4, 0.5) is 0 Å². The number of carbonyl (C=O) groups is 1. The zero-order valence-corrected chi connectivity index (χ0v) is 10.4. The lowest BCUT2D eigenvalue weighted by atomic mass is 10.1. The number of aliphatic hydroxyl groups excluding tert-OH is 1. The maximum atomic E-state index is 11.6.